The lowest BCUT2D eigenvalue weighted by molar-refractivity contribution is 0.100. The molecule has 0 N–H and O–H groups in total. The van der Waals surface area contributed by atoms with E-state index in [1.165, 1.54) is 17.8 Å². The average Bonchev–Trinajstić information content (AvgIpc) is 3.11. The van der Waals surface area contributed by atoms with E-state index in [0.717, 1.165) is 12.0 Å². The summed E-state index contributed by atoms with van der Waals surface area (Å²) in [4.78, 5) is 19.0. The Morgan fingerprint density at radius 1 is 1.14 bits per heavy atom. The Morgan fingerprint density at radius 2 is 1.90 bits per heavy atom. The number of nitrogens with zero attached hydrogens (tertiary/aromatic N) is 2. The van der Waals surface area contributed by atoms with Crippen LogP contribution in [0.15, 0.2) is 53.5 Å². The minimum absolute atomic E-state index is 0.0916. The van der Waals surface area contributed by atoms with Gasteiger partial charge in [-0.15, -0.1) is 0 Å². The Morgan fingerprint density at radius 3 is 2.62 bits per heavy atom. The van der Waals surface area contributed by atoms with Crippen LogP contribution < -0.4 is 0 Å². The Bertz CT molecular complexity index is 1070. The zero-order valence-electron chi connectivity index (χ0n) is 15.3. The minimum Gasteiger partial charge on any atom is -0.346 e. The Kier molecular flexibility index (Phi) is 5.93. The van der Waals surface area contributed by atoms with Gasteiger partial charge in [-0.2, -0.15) is 4.99 Å². The fourth-order valence-electron chi connectivity index (χ4n) is 3.60. The second-order valence-corrected chi connectivity index (χ2v) is 11.3. The lowest BCUT2D eigenvalue weighted by atomic mass is 10.1. The monoisotopic (exact) mass is 468 g/mol. The third-order valence-electron chi connectivity index (χ3n) is 5.02. The van der Waals surface area contributed by atoms with Crippen molar-refractivity contribution in [2.45, 2.75) is 17.7 Å². The fraction of sp³-hybridized carbons (Fsp3) is 0.300. The minimum atomic E-state index is -3.08. The molecular formula is C20H18Cl2N2O3S2. The number of carbonyl (C=O) groups excluding carboxylic acids is 1. The third-order valence-corrected chi connectivity index (χ3v) is 8.81. The second kappa shape index (κ2) is 8.30. The normalized spacial score (nSPS) is 24.1. The summed E-state index contributed by atoms with van der Waals surface area (Å²) in [7, 11) is -3.08. The fourth-order valence-corrected chi connectivity index (χ4v) is 8.07. The van der Waals surface area contributed by atoms with Crippen molar-refractivity contribution in [3.63, 3.8) is 0 Å². The van der Waals surface area contributed by atoms with Crippen LogP contribution in [0.2, 0.25) is 10.0 Å². The maximum Gasteiger partial charge on any atom is 0.280 e. The molecule has 2 heterocycles. The van der Waals surface area contributed by atoms with Gasteiger partial charge in [-0.25, -0.2) is 8.42 Å². The van der Waals surface area contributed by atoms with Gasteiger partial charge in [0.25, 0.3) is 5.91 Å². The molecule has 2 aliphatic rings. The molecule has 2 fully saturated rings. The topological polar surface area (TPSA) is 66.8 Å². The number of hydrogen-bond donors (Lipinski definition) is 0. The predicted octanol–water partition coefficient (Wildman–Crippen LogP) is 3.95. The molecule has 1 amide bonds. The molecule has 5 nitrogen and oxygen atoms in total. The molecule has 0 aliphatic carbocycles. The lowest BCUT2D eigenvalue weighted by Crippen LogP contribution is -2.39. The van der Waals surface area contributed by atoms with Crippen molar-refractivity contribution in [3.05, 3.63) is 69.7 Å². The van der Waals surface area contributed by atoms with Crippen LogP contribution in [-0.2, 0) is 16.3 Å². The van der Waals surface area contributed by atoms with Crippen molar-refractivity contribution in [3.8, 4) is 0 Å². The number of thioether (sulfide) groups is 1. The number of amidine groups is 1. The molecule has 0 bridgehead atoms. The highest BCUT2D eigenvalue weighted by Crippen LogP contribution is 2.38. The van der Waals surface area contributed by atoms with Gasteiger partial charge in [-0.1, -0.05) is 65.3 Å². The number of sulfone groups is 1. The average molecular weight is 469 g/mol. The summed E-state index contributed by atoms with van der Waals surface area (Å²) < 4.78 is 24.2. The van der Waals surface area contributed by atoms with Crippen LogP contribution in [0.1, 0.15) is 15.9 Å². The van der Waals surface area contributed by atoms with E-state index in [0.29, 0.717) is 16.7 Å². The first kappa shape index (κ1) is 20.7. The third kappa shape index (κ3) is 4.63. The first-order valence-electron chi connectivity index (χ1n) is 9.08. The molecule has 2 saturated heterocycles. The summed E-state index contributed by atoms with van der Waals surface area (Å²) in [5, 5.41) is 1.14. The van der Waals surface area contributed by atoms with Gasteiger partial charge in [0.2, 0.25) is 0 Å². The maximum atomic E-state index is 12.7. The highest BCUT2D eigenvalue weighted by atomic mass is 35.5. The van der Waals surface area contributed by atoms with Crippen LogP contribution >= 0.6 is 35.0 Å². The maximum absolute atomic E-state index is 12.7. The predicted molar refractivity (Wildman–Crippen MR) is 119 cm³/mol. The Labute approximate surface area is 184 Å². The summed E-state index contributed by atoms with van der Waals surface area (Å²) in [6, 6.07) is 14.4. The van der Waals surface area contributed by atoms with E-state index >= 15 is 0 Å². The van der Waals surface area contributed by atoms with Crippen LogP contribution in [0, 0.1) is 0 Å². The Hall–Kier alpha value is -1.54. The second-order valence-electron chi connectivity index (χ2n) is 7.05. The number of amides is 1. The summed E-state index contributed by atoms with van der Waals surface area (Å²) in [5.41, 5.74) is 1.42. The van der Waals surface area contributed by atoms with Gasteiger partial charge in [0.1, 0.15) is 0 Å². The summed E-state index contributed by atoms with van der Waals surface area (Å²) >= 11 is 13.4. The van der Waals surface area contributed by atoms with Crippen LogP contribution in [0.3, 0.4) is 0 Å². The highest BCUT2D eigenvalue weighted by Gasteiger charge is 2.48. The number of aliphatic imine (C=N–C) groups is 1. The van der Waals surface area contributed by atoms with Crippen LogP contribution in [-0.4, -0.2) is 53.7 Å². The van der Waals surface area contributed by atoms with Crippen LogP contribution in [0.5, 0.6) is 0 Å². The molecule has 0 unspecified atom stereocenters. The van der Waals surface area contributed by atoms with Gasteiger partial charge >= 0.3 is 0 Å². The lowest BCUT2D eigenvalue weighted by Gasteiger charge is -2.24. The number of benzene rings is 2. The number of fused-ring (bicyclic) bond motifs is 1. The van der Waals surface area contributed by atoms with E-state index in [1.54, 1.807) is 12.1 Å². The van der Waals surface area contributed by atoms with E-state index in [4.69, 9.17) is 23.2 Å². The van der Waals surface area contributed by atoms with Gasteiger partial charge in [0.05, 0.1) is 28.1 Å². The molecular weight excluding hydrogens is 451 g/mol. The van der Waals surface area contributed by atoms with Crippen molar-refractivity contribution in [1.29, 1.82) is 0 Å². The van der Waals surface area contributed by atoms with E-state index < -0.39 is 15.7 Å². The van der Waals surface area contributed by atoms with Gasteiger partial charge in [-0.05, 0) is 30.2 Å². The van der Waals surface area contributed by atoms with Crippen molar-refractivity contribution >= 4 is 55.9 Å². The molecule has 9 heteroatoms. The van der Waals surface area contributed by atoms with Crippen molar-refractivity contribution < 1.29 is 13.2 Å². The van der Waals surface area contributed by atoms with E-state index in [2.05, 4.69) is 4.99 Å². The smallest absolute Gasteiger partial charge is 0.280 e. The standard InChI is InChI=1S/C20H18Cl2N2O3S2/c21-14-6-7-15(16(22)10-14)19(25)23-20-24(9-8-13-4-2-1-3-5-13)17-11-29(26,27)12-18(17)28-20/h1-7,10,17-18H,8-9,11-12H2/t17-,18+/m1/s1. The van der Waals surface area contributed by atoms with E-state index in [-0.39, 0.29) is 33.4 Å². The SMILES string of the molecule is O=C(N=C1S[C@H]2CS(=O)(=O)C[C@H]2N1CCc1ccccc1)c1ccc(Cl)cc1Cl. The van der Waals surface area contributed by atoms with Gasteiger partial charge in [0, 0.05) is 16.8 Å². The summed E-state index contributed by atoms with van der Waals surface area (Å²) in [6.45, 7) is 0.591. The molecule has 2 aromatic rings. The van der Waals surface area contributed by atoms with E-state index in [1.807, 2.05) is 35.2 Å². The van der Waals surface area contributed by atoms with Gasteiger partial charge in [0.15, 0.2) is 15.0 Å². The van der Waals surface area contributed by atoms with Crippen molar-refractivity contribution in [2.75, 3.05) is 18.1 Å². The number of carbonyl (C=O) groups is 1. The first-order valence-corrected chi connectivity index (χ1v) is 12.5. The summed E-state index contributed by atoms with van der Waals surface area (Å²) in [6.07, 6.45) is 0.736. The largest absolute Gasteiger partial charge is 0.346 e. The van der Waals surface area contributed by atoms with Crippen molar-refractivity contribution in [1.82, 2.24) is 4.90 Å². The zero-order chi connectivity index (χ0) is 20.6. The highest BCUT2D eigenvalue weighted by molar-refractivity contribution is 8.15. The molecule has 2 aliphatic heterocycles. The van der Waals surface area contributed by atoms with Gasteiger partial charge < -0.3 is 4.90 Å². The molecule has 2 aromatic carbocycles. The molecule has 152 valence electrons. The van der Waals surface area contributed by atoms with Crippen LogP contribution in [0.4, 0.5) is 0 Å². The molecule has 0 spiro atoms. The first-order chi connectivity index (χ1) is 13.8. The Balaban J connectivity index is 1.60. The molecule has 0 saturated carbocycles. The molecule has 0 aromatic heterocycles. The number of rotatable bonds is 4. The molecule has 4 rings (SSSR count). The molecule has 0 radical (unpaired) electrons. The molecule has 2 atom stereocenters. The summed E-state index contributed by atoms with van der Waals surface area (Å²) in [5.74, 6) is -0.255. The van der Waals surface area contributed by atoms with E-state index in [9.17, 15) is 13.2 Å². The molecule has 29 heavy (non-hydrogen) atoms. The zero-order valence-corrected chi connectivity index (χ0v) is 18.4. The quantitative estimate of drug-likeness (QED) is 0.679. The number of halogens is 2. The van der Waals surface area contributed by atoms with Crippen LogP contribution in [0.25, 0.3) is 0 Å². The number of hydrogen-bond acceptors (Lipinski definition) is 4. The van der Waals surface area contributed by atoms with Crippen molar-refractivity contribution in [2.24, 2.45) is 4.99 Å². The van der Waals surface area contributed by atoms with Gasteiger partial charge in [-0.3, -0.25) is 4.79 Å².